The normalized spacial score (nSPS) is 20.9. The van der Waals surface area contributed by atoms with Crippen LogP contribution in [0.3, 0.4) is 0 Å². The minimum atomic E-state index is -0.411. The Morgan fingerprint density at radius 1 is 1.50 bits per heavy atom. The maximum atomic E-state index is 11.4. The summed E-state index contributed by atoms with van der Waals surface area (Å²) in [5.41, 5.74) is 0. The molecule has 84 valence electrons. The molecule has 6 heteroatoms. The van der Waals surface area contributed by atoms with Crippen LogP contribution in [0.5, 0.6) is 0 Å². The molecule has 2 rings (SSSR count). The molecule has 1 unspecified atom stereocenters. The fourth-order valence-electron chi connectivity index (χ4n) is 1.53. The van der Waals surface area contributed by atoms with E-state index in [0.717, 1.165) is 0 Å². The second-order valence-electron chi connectivity index (χ2n) is 3.55. The molecule has 0 saturated carbocycles. The SMILES string of the molecule is CC1C(=O)NC(=O)CN1c1ccc(Cl)cn1. The molecule has 0 aromatic carbocycles. The van der Waals surface area contributed by atoms with E-state index < -0.39 is 6.04 Å². The molecule has 2 heterocycles. The Balaban J connectivity index is 2.28. The third kappa shape index (κ3) is 1.99. The standard InChI is InChI=1S/C10H10ClN3O2/c1-6-10(16)13-9(15)5-14(6)8-3-2-7(11)4-12-8/h2-4,6H,5H2,1H3,(H,13,15,16). The van der Waals surface area contributed by atoms with Crippen LogP contribution in [0.25, 0.3) is 0 Å². The number of pyridine rings is 1. The molecule has 1 atom stereocenters. The number of nitrogens with zero attached hydrogens (tertiary/aromatic N) is 2. The Labute approximate surface area is 97.4 Å². The van der Waals surface area contributed by atoms with Crippen molar-refractivity contribution in [3.05, 3.63) is 23.4 Å². The number of carbonyl (C=O) groups excluding carboxylic acids is 2. The Kier molecular flexibility index (Phi) is 2.78. The van der Waals surface area contributed by atoms with Crippen molar-refractivity contribution in [2.45, 2.75) is 13.0 Å². The summed E-state index contributed by atoms with van der Waals surface area (Å²) in [6, 6.07) is 2.95. The molecule has 1 saturated heterocycles. The number of carbonyl (C=O) groups is 2. The van der Waals surface area contributed by atoms with Crippen LogP contribution in [0.4, 0.5) is 5.82 Å². The van der Waals surface area contributed by atoms with Crippen LogP contribution >= 0.6 is 11.6 Å². The minimum Gasteiger partial charge on any atom is -0.336 e. The summed E-state index contributed by atoms with van der Waals surface area (Å²) in [5.74, 6) is -0.0621. The van der Waals surface area contributed by atoms with Crippen LogP contribution in [0.1, 0.15) is 6.92 Å². The number of halogens is 1. The van der Waals surface area contributed by atoms with Gasteiger partial charge in [0.25, 0.3) is 0 Å². The van der Waals surface area contributed by atoms with E-state index in [4.69, 9.17) is 11.6 Å². The number of hydrogen-bond acceptors (Lipinski definition) is 4. The van der Waals surface area contributed by atoms with Gasteiger partial charge in [0, 0.05) is 6.20 Å². The van der Waals surface area contributed by atoms with Gasteiger partial charge in [-0.05, 0) is 19.1 Å². The second kappa shape index (κ2) is 4.09. The molecule has 5 nitrogen and oxygen atoms in total. The fraction of sp³-hybridized carbons (Fsp3) is 0.300. The summed E-state index contributed by atoms with van der Waals surface area (Å²) < 4.78 is 0. The molecule has 16 heavy (non-hydrogen) atoms. The molecular formula is C10H10ClN3O2. The zero-order valence-corrected chi connectivity index (χ0v) is 9.36. The first-order valence-corrected chi connectivity index (χ1v) is 5.17. The van der Waals surface area contributed by atoms with E-state index in [1.54, 1.807) is 24.0 Å². The highest BCUT2D eigenvalue weighted by atomic mass is 35.5. The van der Waals surface area contributed by atoms with Gasteiger partial charge in [-0.25, -0.2) is 4.98 Å². The number of aromatic nitrogens is 1. The number of rotatable bonds is 1. The van der Waals surface area contributed by atoms with Crippen LogP contribution in [-0.2, 0) is 9.59 Å². The zero-order valence-electron chi connectivity index (χ0n) is 8.61. The molecule has 1 N–H and O–H groups in total. The monoisotopic (exact) mass is 239 g/mol. The van der Waals surface area contributed by atoms with Gasteiger partial charge in [-0.2, -0.15) is 0 Å². The highest BCUT2D eigenvalue weighted by Gasteiger charge is 2.30. The molecular weight excluding hydrogens is 230 g/mol. The number of nitrogens with one attached hydrogen (secondary N) is 1. The van der Waals surface area contributed by atoms with Crippen molar-refractivity contribution in [2.75, 3.05) is 11.4 Å². The first-order chi connectivity index (χ1) is 7.58. The number of piperazine rings is 1. The summed E-state index contributed by atoms with van der Waals surface area (Å²) in [4.78, 5) is 28.4. The van der Waals surface area contributed by atoms with Crippen LogP contribution in [0, 0.1) is 0 Å². The van der Waals surface area contributed by atoms with E-state index in [0.29, 0.717) is 10.8 Å². The van der Waals surface area contributed by atoms with E-state index >= 15 is 0 Å². The second-order valence-corrected chi connectivity index (χ2v) is 3.99. The third-order valence-electron chi connectivity index (χ3n) is 2.43. The molecule has 0 spiro atoms. The van der Waals surface area contributed by atoms with Gasteiger partial charge in [0.15, 0.2) is 0 Å². The van der Waals surface area contributed by atoms with E-state index in [-0.39, 0.29) is 18.4 Å². The topological polar surface area (TPSA) is 62.3 Å². The van der Waals surface area contributed by atoms with Crippen LogP contribution in [0.15, 0.2) is 18.3 Å². The quantitative estimate of drug-likeness (QED) is 0.729. The molecule has 0 bridgehead atoms. The highest BCUT2D eigenvalue weighted by Crippen LogP contribution is 2.18. The maximum Gasteiger partial charge on any atom is 0.249 e. The summed E-state index contributed by atoms with van der Waals surface area (Å²) in [5, 5.41) is 2.78. The summed E-state index contributed by atoms with van der Waals surface area (Å²) in [6.45, 7) is 1.85. The van der Waals surface area contributed by atoms with E-state index in [1.807, 2.05) is 0 Å². The fourth-order valence-corrected chi connectivity index (χ4v) is 1.64. The summed E-state index contributed by atoms with van der Waals surface area (Å²) in [6.07, 6.45) is 1.49. The van der Waals surface area contributed by atoms with Crippen molar-refractivity contribution < 1.29 is 9.59 Å². The Hall–Kier alpha value is -1.62. The maximum absolute atomic E-state index is 11.4. The van der Waals surface area contributed by atoms with Crippen LogP contribution < -0.4 is 10.2 Å². The van der Waals surface area contributed by atoms with Gasteiger partial charge in [0.05, 0.1) is 11.6 Å². The van der Waals surface area contributed by atoms with Crippen molar-refractivity contribution in [2.24, 2.45) is 0 Å². The number of hydrogen-bond donors (Lipinski definition) is 1. The average Bonchev–Trinajstić information content (AvgIpc) is 2.25. The van der Waals surface area contributed by atoms with Gasteiger partial charge < -0.3 is 4.90 Å². The van der Waals surface area contributed by atoms with E-state index in [1.165, 1.54) is 6.20 Å². The lowest BCUT2D eigenvalue weighted by Gasteiger charge is -2.32. The van der Waals surface area contributed by atoms with E-state index in [2.05, 4.69) is 10.3 Å². The number of anilines is 1. The molecule has 1 aromatic rings. The van der Waals surface area contributed by atoms with Gasteiger partial charge >= 0.3 is 0 Å². The Bertz CT molecular complexity index is 432. The van der Waals surface area contributed by atoms with Crippen molar-refractivity contribution in [1.29, 1.82) is 0 Å². The predicted octanol–water partition coefficient (Wildman–Crippen LogP) is 0.586. The highest BCUT2D eigenvalue weighted by molar-refractivity contribution is 6.30. The number of imide groups is 1. The lowest BCUT2D eigenvalue weighted by molar-refractivity contribution is -0.132. The van der Waals surface area contributed by atoms with Gasteiger partial charge in [0.2, 0.25) is 11.8 Å². The van der Waals surface area contributed by atoms with Gasteiger partial charge in [-0.15, -0.1) is 0 Å². The largest absolute Gasteiger partial charge is 0.336 e. The molecule has 0 aliphatic carbocycles. The zero-order chi connectivity index (χ0) is 11.7. The minimum absolute atomic E-state index is 0.127. The van der Waals surface area contributed by atoms with Crippen LogP contribution in [0.2, 0.25) is 5.02 Å². The lowest BCUT2D eigenvalue weighted by Crippen LogP contribution is -2.57. The smallest absolute Gasteiger partial charge is 0.249 e. The molecule has 2 amide bonds. The lowest BCUT2D eigenvalue weighted by atomic mass is 10.2. The molecule has 1 fully saturated rings. The van der Waals surface area contributed by atoms with Gasteiger partial charge in [0.1, 0.15) is 11.9 Å². The summed E-state index contributed by atoms with van der Waals surface area (Å²) in [7, 11) is 0. The van der Waals surface area contributed by atoms with Gasteiger partial charge in [-0.3, -0.25) is 14.9 Å². The van der Waals surface area contributed by atoms with Gasteiger partial charge in [-0.1, -0.05) is 11.6 Å². The first-order valence-electron chi connectivity index (χ1n) is 4.80. The molecule has 1 aromatic heterocycles. The van der Waals surface area contributed by atoms with Crippen molar-refractivity contribution >= 4 is 29.2 Å². The Morgan fingerprint density at radius 3 is 2.88 bits per heavy atom. The first kappa shape index (κ1) is 10.9. The van der Waals surface area contributed by atoms with E-state index in [9.17, 15) is 9.59 Å². The number of amides is 2. The predicted molar refractivity (Wildman–Crippen MR) is 59.2 cm³/mol. The molecule has 0 radical (unpaired) electrons. The van der Waals surface area contributed by atoms with Crippen molar-refractivity contribution in [3.63, 3.8) is 0 Å². The molecule has 1 aliphatic heterocycles. The Morgan fingerprint density at radius 2 is 2.25 bits per heavy atom. The van der Waals surface area contributed by atoms with Crippen LogP contribution in [-0.4, -0.2) is 29.4 Å². The average molecular weight is 240 g/mol. The van der Waals surface area contributed by atoms with Crippen molar-refractivity contribution in [3.8, 4) is 0 Å². The third-order valence-corrected chi connectivity index (χ3v) is 2.65. The summed E-state index contributed by atoms with van der Waals surface area (Å²) >= 11 is 5.72. The van der Waals surface area contributed by atoms with Crippen molar-refractivity contribution in [1.82, 2.24) is 10.3 Å². The molecule has 1 aliphatic rings.